The lowest BCUT2D eigenvalue weighted by Crippen LogP contribution is -1.99. The first-order valence-electron chi connectivity index (χ1n) is 6.71. The van der Waals surface area contributed by atoms with Gasteiger partial charge in [0.05, 0.1) is 24.0 Å². The predicted molar refractivity (Wildman–Crippen MR) is 84.8 cm³/mol. The smallest absolute Gasteiger partial charge is 0.148 e. The minimum absolute atomic E-state index is 0.100. The Bertz CT molecular complexity index is 860. The van der Waals surface area contributed by atoms with E-state index in [0.717, 1.165) is 5.76 Å². The number of benzene rings is 2. The van der Waals surface area contributed by atoms with Crippen LogP contribution >= 0.6 is 11.8 Å². The fraction of sp³-hybridized carbons (Fsp3) is 0.125. The van der Waals surface area contributed by atoms with Gasteiger partial charge in [-0.3, -0.25) is 0 Å². The monoisotopic (exact) mass is 315 g/mol. The van der Waals surface area contributed by atoms with Gasteiger partial charge in [0.15, 0.2) is 0 Å². The molecule has 112 valence electrons. The second kappa shape index (κ2) is 4.78. The quantitative estimate of drug-likeness (QED) is 0.489. The third kappa shape index (κ3) is 1.80. The Labute approximate surface area is 130 Å². The number of rotatable bonds is 2. The van der Waals surface area contributed by atoms with Crippen molar-refractivity contribution >= 4 is 28.2 Å². The third-order valence-corrected chi connectivity index (χ3v) is 4.95. The maximum absolute atomic E-state index is 10.6. The van der Waals surface area contributed by atoms with E-state index in [1.165, 1.54) is 11.8 Å². The molecule has 6 heteroatoms. The summed E-state index contributed by atoms with van der Waals surface area (Å²) in [5.74, 6) is 1.61. The molecule has 0 aliphatic carbocycles. The summed E-state index contributed by atoms with van der Waals surface area (Å²) in [6.45, 7) is 0. The van der Waals surface area contributed by atoms with Gasteiger partial charge in [0, 0.05) is 10.8 Å². The highest BCUT2D eigenvalue weighted by Crippen LogP contribution is 2.57. The fourth-order valence-corrected chi connectivity index (χ4v) is 3.79. The zero-order valence-electron chi connectivity index (χ0n) is 11.7. The lowest BCUT2D eigenvalue weighted by Gasteiger charge is -2.11. The molecule has 0 amide bonds. The van der Waals surface area contributed by atoms with E-state index >= 15 is 0 Å². The Hall–Kier alpha value is -2.47. The van der Waals surface area contributed by atoms with Crippen molar-refractivity contribution in [2.45, 2.75) is 10.3 Å². The van der Waals surface area contributed by atoms with Gasteiger partial charge in [-0.05, 0) is 30.3 Å². The molecule has 2 aromatic carbocycles. The summed E-state index contributed by atoms with van der Waals surface area (Å²) in [5, 5.41) is 25.2. The molecule has 3 aromatic rings. The van der Waals surface area contributed by atoms with E-state index in [9.17, 15) is 10.2 Å². The summed E-state index contributed by atoms with van der Waals surface area (Å²) in [6.07, 6.45) is 1.60. The van der Waals surface area contributed by atoms with Gasteiger partial charge in [-0.2, -0.15) is 0 Å². The third-order valence-electron chi connectivity index (χ3n) is 3.73. The van der Waals surface area contributed by atoms with Gasteiger partial charge in [0.1, 0.15) is 28.4 Å². The predicted octanol–water partition coefficient (Wildman–Crippen LogP) is 4.07. The van der Waals surface area contributed by atoms with E-state index in [4.69, 9.17) is 9.15 Å². The molecule has 0 saturated carbocycles. The number of nitrogens with one attached hydrogen (secondary N) is 1. The highest BCUT2D eigenvalue weighted by molar-refractivity contribution is 8.00. The van der Waals surface area contributed by atoms with E-state index in [0.29, 0.717) is 27.1 Å². The molecule has 1 aromatic heterocycles. The maximum Gasteiger partial charge on any atom is 0.148 e. The molecule has 2 heterocycles. The largest absolute Gasteiger partial charge is 0.506 e. The molecule has 0 bridgehead atoms. The topological polar surface area (TPSA) is 74.9 Å². The summed E-state index contributed by atoms with van der Waals surface area (Å²) < 4.78 is 10.6. The number of hydrogen-bond donors (Lipinski definition) is 3. The molecule has 5 nitrogen and oxygen atoms in total. The summed E-state index contributed by atoms with van der Waals surface area (Å²) in [7, 11) is 1.56. The van der Waals surface area contributed by atoms with Crippen LogP contribution in [0.1, 0.15) is 11.1 Å². The Morgan fingerprint density at radius 3 is 2.77 bits per heavy atom. The van der Waals surface area contributed by atoms with E-state index < -0.39 is 0 Å². The molecule has 1 unspecified atom stereocenters. The first-order chi connectivity index (χ1) is 10.7. The van der Waals surface area contributed by atoms with Gasteiger partial charge < -0.3 is 24.7 Å². The number of thioether (sulfide) groups is 1. The van der Waals surface area contributed by atoms with Crippen molar-refractivity contribution in [3.63, 3.8) is 0 Å². The number of anilines is 1. The fourth-order valence-electron chi connectivity index (χ4n) is 2.63. The molecular formula is C16H13NO4S. The van der Waals surface area contributed by atoms with Crippen molar-refractivity contribution in [3.8, 4) is 17.2 Å². The summed E-state index contributed by atoms with van der Waals surface area (Å²) >= 11 is 1.41. The lowest BCUT2D eigenvalue weighted by molar-refractivity contribution is 0.415. The molecule has 0 spiro atoms. The van der Waals surface area contributed by atoms with Crippen molar-refractivity contribution in [1.29, 1.82) is 0 Å². The highest BCUT2D eigenvalue weighted by Gasteiger charge is 2.31. The van der Waals surface area contributed by atoms with Crippen LogP contribution in [0.15, 0.2) is 45.9 Å². The van der Waals surface area contributed by atoms with E-state index in [1.54, 1.807) is 31.6 Å². The molecule has 4 rings (SSSR count). The number of ether oxygens (including phenoxy) is 1. The number of phenols is 2. The van der Waals surface area contributed by atoms with E-state index in [1.807, 2.05) is 12.1 Å². The Morgan fingerprint density at radius 1 is 1.18 bits per heavy atom. The lowest BCUT2D eigenvalue weighted by atomic mass is 10.1. The van der Waals surface area contributed by atoms with Crippen molar-refractivity contribution in [3.05, 3.63) is 42.4 Å². The van der Waals surface area contributed by atoms with Crippen LogP contribution in [-0.4, -0.2) is 17.3 Å². The van der Waals surface area contributed by atoms with Crippen LogP contribution in [0.5, 0.6) is 17.2 Å². The molecule has 0 fully saturated rings. The molecule has 1 aliphatic heterocycles. The van der Waals surface area contributed by atoms with Crippen molar-refractivity contribution in [2.24, 2.45) is 0 Å². The average molecular weight is 315 g/mol. The molecular weight excluding hydrogens is 302 g/mol. The van der Waals surface area contributed by atoms with Crippen LogP contribution in [0.3, 0.4) is 0 Å². The van der Waals surface area contributed by atoms with Crippen LogP contribution in [0.25, 0.3) is 10.8 Å². The van der Waals surface area contributed by atoms with E-state index in [2.05, 4.69) is 5.32 Å². The van der Waals surface area contributed by atoms with Gasteiger partial charge in [-0.1, -0.05) is 11.8 Å². The molecule has 1 aliphatic rings. The van der Waals surface area contributed by atoms with Gasteiger partial charge in [-0.15, -0.1) is 0 Å². The normalized spacial score (nSPS) is 16.5. The van der Waals surface area contributed by atoms with Gasteiger partial charge in [-0.25, -0.2) is 0 Å². The average Bonchev–Trinajstić information content (AvgIpc) is 3.21. The Balaban J connectivity index is 1.89. The van der Waals surface area contributed by atoms with Crippen LogP contribution in [0.4, 0.5) is 5.69 Å². The summed E-state index contributed by atoms with van der Waals surface area (Å²) in [5.41, 5.74) is 0.518. The number of phenolic OH excluding ortho intramolecular Hbond substituents is 2. The van der Waals surface area contributed by atoms with Crippen LogP contribution in [0.2, 0.25) is 0 Å². The second-order valence-corrected chi connectivity index (χ2v) is 6.09. The molecule has 22 heavy (non-hydrogen) atoms. The highest BCUT2D eigenvalue weighted by atomic mass is 32.2. The van der Waals surface area contributed by atoms with Gasteiger partial charge in [0.25, 0.3) is 0 Å². The number of furan rings is 1. The molecule has 0 radical (unpaired) electrons. The van der Waals surface area contributed by atoms with E-state index in [-0.39, 0.29) is 16.9 Å². The molecule has 0 saturated heterocycles. The number of fused-ring (bicyclic) bond motifs is 2. The number of aromatic hydroxyl groups is 2. The summed E-state index contributed by atoms with van der Waals surface area (Å²) in [6, 6.07) is 8.86. The van der Waals surface area contributed by atoms with Crippen LogP contribution in [-0.2, 0) is 0 Å². The Kier molecular flexibility index (Phi) is 2.87. The van der Waals surface area contributed by atoms with Crippen LogP contribution in [0, 0.1) is 0 Å². The number of hydrogen-bond acceptors (Lipinski definition) is 6. The number of methoxy groups -OCH3 is 1. The minimum atomic E-state index is -0.180. The second-order valence-electron chi connectivity index (χ2n) is 4.97. The summed E-state index contributed by atoms with van der Waals surface area (Å²) in [4.78, 5) is 0.622. The molecule has 3 N–H and O–H groups in total. The van der Waals surface area contributed by atoms with Gasteiger partial charge >= 0.3 is 0 Å². The zero-order chi connectivity index (χ0) is 15.3. The standard InChI is InChI=1S/C16H13NO4S/c1-20-8-4-5-9-10(7-8)13(18)12-15(14(9)19)22-16(17-12)11-3-2-6-21-11/h2-7,16-19H,1H3. The first-order valence-corrected chi connectivity index (χ1v) is 7.59. The van der Waals surface area contributed by atoms with Crippen molar-refractivity contribution in [1.82, 2.24) is 0 Å². The minimum Gasteiger partial charge on any atom is -0.506 e. The van der Waals surface area contributed by atoms with Crippen molar-refractivity contribution < 1.29 is 19.4 Å². The van der Waals surface area contributed by atoms with Crippen molar-refractivity contribution in [2.75, 3.05) is 12.4 Å². The zero-order valence-corrected chi connectivity index (χ0v) is 12.5. The Morgan fingerprint density at radius 2 is 2.05 bits per heavy atom. The maximum atomic E-state index is 10.6. The van der Waals surface area contributed by atoms with Gasteiger partial charge in [0.2, 0.25) is 0 Å². The first kappa shape index (κ1) is 13.2. The SMILES string of the molecule is COc1ccc2c(O)c3c(c(O)c2c1)NC(c1ccco1)S3. The van der Waals surface area contributed by atoms with Crippen LogP contribution < -0.4 is 10.1 Å². The molecule has 1 atom stereocenters.